The molecule has 1 heterocycles. The van der Waals surface area contributed by atoms with E-state index in [1.165, 1.54) is 11.1 Å². The fourth-order valence-electron chi connectivity index (χ4n) is 2.10. The van der Waals surface area contributed by atoms with Crippen LogP contribution in [0.15, 0.2) is 42.6 Å². The first-order valence-electron chi connectivity index (χ1n) is 6.16. The first kappa shape index (κ1) is 12.6. The van der Waals surface area contributed by atoms with Crippen LogP contribution in [0.25, 0.3) is 0 Å². The third kappa shape index (κ3) is 3.08. The molecular weight excluding hydrogens is 222 g/mol. The highest BCUT2D eigenvalue weighted by Crippen LogP contribution is 2.14. The standard InChI is InChI=1S/C15H19N3/c1-11-5-2-3-6-12(11)9-14(16)10-13-7-4-8-18-15(13)17/h2-8,14H,9-10,16H2,1H3,(H2,17,18). The second-order valence-corrected chi connectivity index (χ2v) is 4.64. The highest BCUT2D eigenvalue weighted by Gasteiger charge is 2.09. The first-order valence-corrected chi connectivity index (χ1v) is 6.16. The van der Waals surface area contributed by atoms with Crippen LogP contribution in [0.2, 0.25) is 0 Å². The van der Waals surface area contributed by atoms with Gasteiger partial charge in [-0.1, -0.05) is 30.3 Å². The highest BCUT2D eigenvalue weighted by atomic mass is 14.8. The van der Waals surface area contributed by atoms with Gasteiger partial charge in [-0.2, -0.15) is 0 Å². The summed E-state index contributed by atoms with van der Waals surface area (Å²) in [5.41, 5.74) is 15.6. The van der Waals surface area contributed by atoms with E-state index >= 15 is 0 Å². The van der Waals surface area contributed by atoms with Crippen molar-refractivity contribution < 1.29 is 0 Å². The van der Waals surface area contributed by atoms with Gasteiger partial charge in [-0.3, -0.25) is 0 Å². The molecule has 2 aromatic rings. The van der Waals surface area contributed by atoms with E-state index in [1.807, 2.05) is 24.3 Å². The lowest BCUT2D eigenvalue weighted by atomic mass is 9.97. The SMILES string of the molecule is Cc1ccccc1CC(N)Cc1cccnc1N. The maximum atomic E-state index is 6.19. The Kier molecular flexibility index (Phi) is 3.95. The van der Waals surface area contributed by atoms with Crippen LogP contribution in [0.4, 0.5) is 5.82 Å². The summed E-state index contributed by atoms with van der Waals surface area (Å²) in [5, 5.41) is 0. The van der Waals surface area contributed by atoms with Crippen LogP contribution in [0.1, 0.15) is 16.7 Å². The summed E-state index contributed by atoms with van der Waals surface area (Å²) >= 11 is 0. The average Bonchev–Trinajstić information content (AvgIpc) is 2.35. The molecule has 0 aliphatic carbocycles. The molecule has 0 fully saturated rings. The molecule has 1 aromatic heterocycles. The summed E-state index contributed by atoms with van der Waals surface area (Å²) in [4.78, 5) is 4.08. The van der Waals surface area contributed by atoms with Crippen LogP contribution in [0, 0.1) is 6.92 Å². The quantitative estimate of drug-likeness (QED) is 0.861. The molecule has 0 saturated carbocycles. The molecule has 0 radical (unpaired) electrons. The van der Waals surface area contributed by atoms with Gasteiger partial charge in [0, 0.05) is 12.2 Å². The lowest BCUT2D eigenvalue weighted by Crippen LogP contribution is -2.26. The molecule has 3 nitrogen and oxygen atoms in total. The van der Waals surface area contributed by atoms with Crippen molar-refractivity contribution in [2.75, 3.05) is 5.73 Å². The van der Waals surface area contributed by atoms with Gasteiger partial charge >= 0.3 is 0 Å². The molecule has 0 bridgehead atoms. The third-order valence-electron chi connectivity index (χ3n) is 3.15. The second-order valence-electron chi connectivity index (χ2n) is 4.64. The van der Waals surface area contributed by atoms with Crippen LogP contribution < -0.4 is 11.5 Å². The molecule has 0 aliphatic heterocycles. The number of benzene rings is 1. The minimum atomic E-state index is 0.0672. The maximum Gasteiger partial charge on any atom is 0.126 e. The molecule has 3 heteroatoms. The summed E-state index contributed by atoms with van der Waals surface area (Å²) < 4.78 is 0. The molecule has 4 N–H and O–H groups in total. The molecule has 0 spiro atoms. The van der Waals surface area contributed by atoms with E-state index in [-0.39, 0.29) is 6.04 Å². The fourth-order valence-corrected chi connectivity index (χ4v) is 2.10. The first-order chi connectivity index (χ1) is 8.66. The Bertz CT molecular complexity index is 475. The third-order valence-corrected chi connectivity index (χ3v) is 3.15. The van der Waals surface area contributed by atoms with Crippen molar-refractivity contribution in [2.24, 2.45) is 5.73 Å². The zero-order valence-corrected chi connectivity index (χ0v) is 10.6. The predicted octanol–water partition coefficient (Wildman–Crippen LogP) is 2.08. The molecule has 1 atom stereocenters. The van der Waals surface area contributed by atoms with Crippen molar-refractivity contribution in [1.29, 1.82) is 0 Å². The zero-order valence-electron chi connectivity index (χ0n) is 10.6. The number of nitrogens with zero attached hydrogens (tertiary/aromatic N) is 1. The van der Waals surface area contributed by atoms with E-state index in [0.29, 0.717) is 5.82 Å². The number of hydrogen-bond donors (Lipinski definition) is 2. The summed E-state index contributed by atoms with van der Waals surface area (Å²) in [6, 6.07) is 12.3. The fraction of sp³-hybridized carbons (Fsp3) is 0.267. The van der Waals surface area contributed by atoms with Crippen molar-refractivity contribution in [1.82, 2.24) is 4.98 Å². The topological polar surface area (TPSA) is 64.9 Å². The Morgan fingerprint density at radius 1 is 1.06 bits per heavy atom. The number of aromatic nitrogens is 1. The number of anilines is 1. The Morgan fingerprint density at radius 3 is 2.44 bits per heavy atom. The molecule has 2 rings (SSSR count). The van der Waals surface area contributed by atoms with Gasteiger partial charge in [-0.15, -0.1) is 0 Å². The van der Waals surface area contributed by atoms with E-state index in [1.54, 1.807) is 6.20 Å². The number of hydrogen-bond acceptors (Lipinski definition) is 3. The Balaban J connectivity index is 2.04. The second kappa shape index (κ2) is 5.65. The van der Waals surface area contributed by atoms with Crippen molar-refractivity contribution in [3.8, 4) is 0 Å². The van der Waals surface area contributed by atoms with Crippen LogP contribution in [0.5, 0.6) is 0 Å². The van der Waals surface area contributed by atoms with E-state index < -0.39 is 0 Å². The summed E-state index contributed by atoms with van der Waals surface area (Å²) in [5.74, 6) is 0.581. The molecular formula is C15H19N3. The molecule has 0 amide bonds. The van der Waals surface area contributed by atoms with Gasteiger partial charge in [0.2, 0.25) is 0 Å². The molecule has 1 aromatic carbocycles. The number of pyridine rings is 1. The number of aryl methyl sites for hydroxylation is 1. The van der Waals surface area contributed by atoms with E-state index in [4.69, 9.17) is 11.5 Å². The van der Waals surface area contributed by atoms with Crippen LogP contribution >= 0.6 is 0 Å². The normalized spacial score (nSPS) is 12.3. The van der Waals surface area contributed by atoms with Crippen LogP contribution in [-0.2, 0) is 12.8 Å². The largest absolute Gasteiger partial charge is 0.383 e. The molecule has 0 saturated heterocycles. The van der Waals surface area contributed by atoms with Crippen molar-refractivity contribution in [3.05, 3.63) is 59.3 Å². The minimum absolute atomic E-state index is 0.0672. The monoisotopic (exact) mass is 241 g/mol. The minimum Gasteiger partial charge on any atom is -0.383 e. The van der Waals surface area contributed by atoms with Crippen molar-refractivity contribution in [2.45, 2.75) is 25.8 Å². The van der Waals surface area contributed by atoms with E-state index in [0.717, 1.165) is 18.4 Å². The Labute approximate surface area is 108 Å². The summed E-state index contributed by atoms with van der Waals surface area (Å²) in [7, 11) is 0. The lowest BCUT2D eigenvalue weighted by molar-refractivity contribution is 0.662. The van der Waals surface area contributed by atoms with Gasteiger partial charge in [0.25, 0.3) is 0 Å². The average molecular weight is 241 g/mol. The van der Waals surface area contributed by atoms with Crippen molar-refractivity contribution in [3.63, 3.8) is 0 Å². The van der Waals surface area contributed by atoms with Crippen LogP contribution in [0.3, 0.4) is 0 Å². The number of nitrogens with two attached hydrogens (primary N) is 2. The molecule has 1 unspecified atom stereocenters. The lowest BCUT2D eigenvalue weighted by Gasteiger charge is -2.14. The smallest absolute Gasteiger partial charge is 0.126 e. The van der Waals surface area contributed by atoms with Gasteiger partial charge in [-0.05, 0) is 42.5 Å². The number of nitrogen functional groups attached to an aromatic ring is 1. The highest BCUT2D eigenvalue weighted by molar-refractivity contribution is 5.39. The molecule has 18 heavy (non-hydrogen) atoms. The molecule has 0 aliphatic rings. The Morgan fingerprint density at radius 2 is 1.72 bits per heavy atom. The summed E-state index contributed by atoms with van der Waals surface area (Å²) in [6.45, 7) is 2.11. The van der Waals surface area contributed by atoms with Gasteiger partial charge in [0.1, 0.15) is 5.82 Å². The van der Waals surface area contributed by atoms with E-state index in [9.17, 15) is 0 Å². The predicted molar refractivity (Wildman–Crippen MR) is 75.2 cm³/mol. The van der Waals surface area contributed by atoms with Gasteiger partial charge in [0.05, 0.1) is 0 Å². The zero-order chi connectivity index (χ0) is 13.0. The van der Waals surface area contributed by atoms with Gasteiger partial charge in [-0.25, -0.2) is 4.98 Å². The van der Waals surface area contributed by atoms with Gasteiger partial charge < -0.3 is 11.5 Å². The maximum absolute atomic E-state index is 6.19. The van der Waals surface area contributed by atoms with Crippen LogP contribution in [-0.4, -0.2) is 11.0 Å². The summed E-state index contributed by atoms with van der Waals surface area (Å²) in [6.07, 6.45) is 3.32. The van der Waals surface area contributed by atoms with E-state index in [2.05, 4.69) is 24.0 Å². The molecule has 94 valence electrons. The Hall–Kier alpha value is -1.87. The van der Waals surface area contributed by atoms with Crippen molar-refractivity contribution >= 4 is 5.82 Å². The number of rotatable bonds is 4. The van der Waals surface area contributed by atoms with Gasteiger partial charge in [0.15, 0.2) is 0 Å².